The monoisotopic (exact) mass is 288 g/mol. The lowest BCUT2D eigenvalue weighted by atomic mass is 10.2. The number of aryl methyl sites for hydroxylation is 2. The quantitative estimate of drug-likeness (QED) is 0.940. The molecule has 1 N–H and O–H groups in total. The molecule has 0 aliphatic carbocycles. The lowest BCUT2D eigenvalue weighted by Gasteiger charge is -2.13. The molecule has 2 aromatic heterocycles. The van der Waals surface area contributed by atoms with Crippen molar-refractivity contribution < 1.29 is 4.79 Å². The van der Waals surface area contributed by atoms with Crippen LogP contribution in [0.1, 0.15) is 52.9 Å². The van der Waals surface area contributed by atoms with E-state index in [4.69, 9.17) is 0 Å². The van der Waals surface area contributed by atoms with Crippen molar-refractivity contribution in [2.75, 3.05) is 0 Å². The average molecular weight is 288 g/mol. The molecular formula is C16H24N4O. The van der Waals surface area contributed by atoms with Crippen molar-refractivity contribution in [3.63, 3.8) is 0 Å². The summed E-state index contributed by atoms with van der Waals surface area (Å²) in [5, 5.41) is 7.17. The number of carbonyl (C=O) groups excluding carboxylic acids is 1. The van der Waals surface area contributed by atoms with Crippen LogP contribution in [0.2, 0.25) is 0 Å². The van der Waals surface area contributed by atoms with Gasteiger partial charge in [0.2, 0.25) is 0 Å². The molecule has 0 spiro atoms. The molecule has 0 atom stereocenters. The standard InChI is InChI=1S/C16H24N4O/c1-10(2)20-11(3)7-15(13(20)5)16(21)17-8-14-9-18-19(6)12(14)4/h7,9-10H,8H2,1-6H3,(H,17,21). The van der Waals surface area contributed by atoms with Gasteiger partial charge in [-0.25, -0.2) is 0 Å². The third-order valence-corrected chi connectivity index (χ3v) is 4.02. The van der Waals surface area contributed by atoms with Gasteiger partial charge in [-0.05, 0) is 40.7 Å². The second kappa shape index (κ2) is 5.76. The van der Waals surface area contributed by atoms with Gasteiger partial charge in [0.25, 0.3) is 5.91 Å². The third-order valence-electron chi connectivity index (χ3n) is 4.02. The molecule has 0 unspecified atom stereocenters. The number of hydrogen-bond acceptors (Lipinski definition) is 2. The van der Waals surface area contributed by atoms with E-state index in [1.165, 1.54) is 0 Å². The van der Waals surface area contributed by atoms with Crippen molar-refractivity contribution >= 4 is 5.91 Å². The first-order chi connectivity index (χ1) is 9.82. The van der Waals surface area contributed by atoms with Gasteiger partial charge in [-0.15, -0.1) is 0 Å². The van der Waals surface area contributed by atoms with Gasteiger partial charge < -0.3 is 9.88 Å². The Morgan fingerprint density at radius 3 is 2.43 bits per heavy atom. The van der Waals surface area contributed by atoms with Gasteiger partial charge in [-0.2, -0.15) is 5.10 Å². The van der Waals surface area contributed by atoms with Gasteiger partial charge in [-0.1, -0.05) is 0 Å². The minimum Gasteiger partial charge on any atom is -0.348 e. The predicted octanol–water partition coefficient (Wildman–Crippen LogP) is 2.66. The molecule has 0 fully saturated rings. The highest BCUT2D eigenvalue weighted by Gasteiger charge is 2.17. The van der Waals surface area contributed by atoms with E-state index in [2.05, 4.69) is 28.8 Å². The van der Waals surface area contributed by atoms with Crippen molar-refractivity contribution in [1.29, 1.82) is 0 Å². The number of hydrogen-bond donors (Lipinski definition) is 1. The lowest BCUT2D eigenvalue weighted by molar-refractivity contribution is 0.0950. The molecule has 21 heavy (non-hydrogen) atoms. The van der Waals surface area contributed by atoms with Crippen LogP contribution in [-0.4, -0.2) is 20.3 Å². The summed E-state index contributed by atoms with van der Waals surface area (Å²) in [6.45, 7) is 10.8. The van der Waals surface area contributed by atoms with Crippen molar-refractivity contribution in [1.82, 2.24) is 19.7 Å². The van der Waals surface area contributed by atoms with Crippen LogP contribution in [0.4, 0.5) is 0 Å². The van der Waals surface area contributed by atoms with Gasteiger partial charge in [0, 0.05) is 42.3 Å². The Morgan fingerprint density at radius 2 is 1.95 bits per heavy atom. The molecular weight excluding hydrogens is 264 g/mol. The first-order valence-electron chi connectivity index (χ1n) is 7.27. The maximum atomic E-state index is 12.4. The minimum absolute atomic E-state index is 0.0294. The van der Waals surface area contributed by atoms with Crippen LogP contribution < -0.4 is 5.32 Å². The highest BCUT2D eigenvalue weighted by atomic mass is 16.1. The van der Waals surface area contributed by atoms with Crippen LogP contribution in [0.15, 0.2) is 12.3 Å². The molecule has 2 aromatic rings. The van der Waals surface area contributed by atoms with E-state index in [1.54, 1.807) is 6.20 Å². The Morgan fingerprint density at radius 1 is 1.29 bits per heavy atom. The fourth-order valence-electron chi connectivity index (χ4n) is 2.79. The zero-order valence-electron chi connectivity index (χ0n) is 13.7. The van der Waals surface area contributed by atoms with Crippen LogP contribution >= 0.6 is 0 Å². The van der Waals surface area contributed by atoms with E-state index in [0.29, 0.717) is 12.6 Å². The summed E-state index contributed by atoms with van der Waals surface area (Å²) in [7, 11) is 1.90. The molecule has 2 heterocycles. The summed E-state index contributed by atoms with van der Waals surface area (Å²) in [6, 6.07) is 2.31. The van der Waals surface area contributed by atoms with E-state index in [9.17, 15) is 4.79 Å². The Bertz CT molecular complexity index is 664. The molecule has 0 aliphatic heterocycles. The third kappa shape index (κ3) is 2.86. The molecule has 0 radical (unpaired) electrons. The smallest absolute Gasteiger partial charge is 0.253 e. The SMILES string of the molecule is Cc1c(CNC(=O)c2cc(C)n(C(C)C)c2C)cnn1C. The fraction of sp³-hybridized carbons (Fsp3) is 0.500. The summed E-state index contributed by atoms with van der Waals surface area (Å²) >= 11 is 0. The molecule has 0 aliphatic rings. The van der Waals surface area contributed by atoms with Gasteiger partial charge >= 0.3 is 0 Å². The van der Waals surface area contributed by atoms with E-state index >= 15 is 0 Å². The van der Waals surface area contributed by atoms with Gasteiger partial charge in [-0.3, -0.25) is 9.48 Å². The lowest BCUT2D eigenvalue weighted by Crippen LogP contribution is -2.23. The highest BCUT2D eigenvalue weighted by molar-refractivity contribution is 5.95. The summed E-state index contributed by atoms with van der Waals surface area (Å²) in [4.78, 5) is 12.4. The summed E-state index contributed by atoms with van der Waals surface area (Å²) < 4.78 is 4.00. The maximum Gasteiger partial charge on any atom is 0.253 e. The predicted molar refractivity (Wildman–Crippen MR) is 83.4 cm³/mol. The second-order valence-electron chi connectivity index (χ2n) is 5.81. The molecule has 5 heteroatoms. The normalized spacial score (nSPS) is 11.2. The van der Waals surface area contributed by atoms with E-state index in [-0.39, 0.29) is 5.91 Å². The van der Waals surface area contributed by atoms with Gasteiger partial charge in [0.05, 0.1) is 11.8 Å². The minimum atomic E-state index is -0.0294. The van der Waals surface area contributed by atoms with Crippen LogP contribution in [0, 0.1) is 20.8 Å². The second-order valence-corrected chi connectivity index (χ2v) is 5.81. The van der Waals surface area contributed by atoms with Gasteiger partial charge in [0.15, 0.2) is 0 Å². The largest absolute Gasteiger partial charge is 0.348 e. The average Bonchev–Trinajstić information content (AvgIpc) is 2.88. The molecule has 0 bridgehead atoms. The molecule has 0 saturated carbocycles. The zero-order valence-corrected chi connectivity index (χ0v) is 13.7. The van der Waals surface area contributed by atoms with Crippen molar-refractivity contribution in [2.24, 2.45) is 7.05 Å². The topological polar surface area (TPSA) is 51.9 Å². The highest BCUT2D eigenvalue weighted by Crippen LogP contribution is 2.20. The summed E-state index contributed by atoms with van der Waals surface area (Å²) in [5.41, 5.74) is 5.00. The maximum absolute atomic E-state index is 12.4. The first-order valence-corrected chi connectivity index (χ1v) is 7.27. The van der Waals surface area contributed by atoms with E-state index < -0.39 is 0 Å². The van der Waals surface area contributed by atoms with Gasteiger partial charge in [0.1, 0.15) is 0 Å². The van der Waals surface area contributed by atoms with Crippen molar-refractivity contribution in [3.8, 4) is 0 Å². The van der Waals surface area contributed by atoms with Crippen LogP contribution in [0.5, 0.6) is 0 Å². The van der Waals surface area contributed by atoms with Crippen LogP contribution in [-0.2, 0) is 13.6 Å². The molecule has 0 saturated heterocycles. The molecule has 2 rings (SSSR count). The summed E-state index contributed by atoms with van der Waals surface area (Å²) in [6.07, 6.45) is 1.80. The Kier molecular flexibility index (Phi) is 4.21. The Hall–Kier alpha value is -2.04. The number of nitrogens with zero attached hydrogens (tertiary/aromatic N) is 3. The Labute approximate surface area is 126 Å². The molecule has 0 aromatic carbocycles. The number of nitrogens with one attached hydrogen (secondary N) is 1. The number of rotatable bonds is 4. The first kappa shape index (κ1) is 15.4. The van der Waals surface area contributed by atoms with Crippen molar-refractivity contribution in [2.45, 2.75) is 47.2 Å². The summed E-state index contributed by atoms with van der Waals surface area (Å²) in [5.74, 6) is -0.0294. The molecule has 1 amide bonds. The number of aromatic nitrogens is 3. The van der Waals surface area contributed by atoms with Crippen molar-refractivity contribution in [3.05, 3.63) is 40.5 Å². The van der Waals surface area contributed by atoms with Crippen LogP contribution in [0.25, 0.3) is 0 Å². The number of carbonyl (C=O) groups is 1. The molecule has 5 nitrogen and oxygen atoms in total. The van der Waals surface area contributed by atoms with E-state index in [1.807, 2.05) is 38.6 Å². The number of amides is 1. The Balaban J connectivity index is 2.14. The zero-order chi connectivity index (χ0) is 15.7. The fourth-order valence-corrected chi connectivity index (χ4v) is 2.79. The molecule has 114 valence electrons. The van der Waals surface area contributed by atoms with E-state index in [0.717, 1.165) is 28.2 Å². The van der Waals surface area contributed by atoms with Crippen LogP contribution in [0.3, 0.4) is 0 Å².